The van der Waals surface area contributed by atoms with Crippen molar-refractivity contribution in [2.75, 3.05) is 26.2 Å². The molecule has 2 aliphatic heterocycles. The van der Waals surface area contributed by atoms with Gasteiger partial charge >= 0.3 is 0 Å². The average molecular weight is 249 g/mol. The second-order valence-corrected chi connectivity index (χ2v) is 5.25. The van der Waals surface area contributed by atoms with Gasteiger partial charge in [-0.25, -0.2) is 0 Å². The zero-order valence-electron chi connectivity index (χ0n) is 10.6. The molecule has 4 heteroatoms. The Morgan fingerprint density at radius 2 is 2.06 bits per heavy atom. The van der Waals surface area contributed by atoms with E-state index < -0.39 is 5.60 Å². The van der Waals surface area contributed by atoms with E-state index in [9.17, 15) is 5.11 Å². The molecule has 0 aromatic heterocycles. The topological polar surface area (TPSA) is 41.9 Å². The highest BCUT2D eigenvalue weighted by Gasteiger charge is 2.40. The number of aliphatic hydroxyl groups is 1. The molecular formula is C14H19NO3. The number of hydrogen-bond acceptors (Lipinski definition) is 4. The SMILES string of the molecule is CCC1(O)CN(CC2COc3ccccc3O2)C1. The Hall–Kier alpha value is -1.26. The molecule has 18 heavy (non-hydrogen) atoms. The van der Waals surface area contributed by atoms with Crippen molar-refractivity contribution in [3.63, 3.8) is 0 Å². The number of likely N-dealkylation sites (tertiary alicyclic amines) is 1. The van der Waals surface area contributed by atoms with E-state index in [1.165, 1.54) is 0 Å². The normalized spacial score (nSPS) is 25.6. The average Bonchev–Trinajstić information content (AvgIpc) is 2.36. The maximum absolute atomic E-state index is 9.96. The highest BCUT2D eigenvalue weighted by atomic mass is 16.6. The van der Waals surface area contributed by atoms with Crippen molar-refractivity contribution in [3.05, 3.63) is 24.3 Å². The predicted octanol–water partition coefficient (Wildman–Crippen LogP) is 1.28. The minimum Gasteiger partial charge on any atom is -0.486 e. The molecule has 1 atom stereocenters. The number of para-hydroxylation sites is 2. The van der Waals surface area contributed by atoms with Crippen LogP contribution in [0.3, 0.4) is 0 Å². The smallest absolute Gasteiger partial charge is 0.161 e. The fraction of sp³-hybridized carbons (Fsp3) is 0.571. The summed E-state index contributed by atoms with van der Waals surface area (Å²) in [6.07, 6.45) is 0.871. The van der Waals surface area contributed by atoms with Gasteiger partial charge in [0, 0.05) is 19.6 Å². The lowest BCUT2D eigenvalue weighted by Gasteiger charge is -2.47. The predicted molar refractivity (Wildman–Crippen MR) is 68.0 cm³/mol. The highest BCUT2D eigenvalue weighted by molar-refractivity contribution is 5.40. The first-order chi connectivity index (χ1) is 8.68. The maximum Gasteiger partial charge on any atom is 0.161 e. The molecule has 0 saturated carbocycles. The van der Waals surface area contributed by atoms with Crippen LogP contribution in [0.25, 0.3) is 0 Å². The van der Waals surface area contributed by atoms with E-state index in [0.29, 0.717) is 6.61 Å². The van der Waals surface area contributed by atoms with Crippen molar-refractivity contribution in [2.24, 2.45) is 0 Å². The lowest BCUT2D eigenvalue weighted by molar-refractivity contribution is -0.112. The Labute approximate surface area is 107 Å². The first kappa shape index (κ1) is 11.8. The van der Waals surface area contributed by atoms with Crippen LogP contribution in [0.5, 0.6) is 11.5 Å². The van der Waals surface area contributed by atoms with Gasteiger partial charge in [0.25, 0.3) is 0 Å². The van der Waals surface area contributed by atoms with Crippen molar-refractivity contribution in [1.82, 2.24) is 4.90 Å². The molecule has 1 N–H and O–H groups in total. The third-order valence-corrected chi connectivity index (χ3v) is 3.72. The van der Waals surface area contributed by atoms with Crippen molar-refractivity contribution in [1.29, 1.82) is 0 Å². The Morgan fingerprint density at radius 1 is 1.33 bits per heavy atom. The molecule has 1 aromatic carbocycles. The van der Waals surface area contributed by atoms with Gasteiger partial charge in [-0.3, -0.25) is 4.90 Å². The van der Waals surface area contributed by atoms with E-state index in [1.807, 2.05) is 31.2 Å². The van der Waals surface area contributed by atoms with E-state index in [4.69, 9.17) is 9.47 Å². The van der Waals surface area contributed by atoms with Crippen LogP contribution in [-0.2, 0) is 0 Å². The van der Waals surface area contributed by atoms with E-state index in [1.54, 1.807) is 0 Å². The van der Waals surface area contributed by atoms with Crippen LogP contribution in [0, 0.1) is 0 Å². The van der Waals surface area contributed by atoms with Gasteiger partial charge in [0.2, 0.25) is 0 Å². The van der Waals surface area contributed by atoms with Crippen LogP contribution >= 0.6 is 0 Å². The Kier molecular flexibility index (Phi) is 2.92. The zero-order chi connectivity index (χ0) is 12.6. The molecule has 1 fully saturated rings. The Bertz CT molecular complexity index is 429. The minimum absolute atomic E-state index is 0.0568. The molecule has 1 aromatic rings. The molecule has 1 saturated heterocycles. The van der Waals surface area contributed by atoms with Crippen LogP contribution < -0.4 is 9.47 Å². The number of rotatable bonds is 3. The lowest BCUT2D eigenvalue weighted by Crippen LogP contribution is -2.63. The third-order valence-electron chi connectivity index (χ3n) is 3.72. The van der Waals surface area contributed by atoms with Crippen molar-refractivity contribution < 1.29 is 14.6 Å². The summed E-state index contributed by atoms with van der Waals surface area (Å²) >= 11 is 0. The molecule has 2 heterocycles. The molecule has 1 unspecified atom stereocenters. The number of nitrogens with zero attached hydrogens (tertiary/aromatic N) is 1. The monoisotopic (exact) mass is 249 g/mol. The highest BCUT2D eigenvalue weighted by Crippen LogP contribution is 2.32. The molecule has 0 radical (unpaired) electrons. The Balaban J connectivity index is 1.55. The van der Waals surface area contributed by atoms with Gasteiger partial charge in [-0.05, 0) is 18.6 Å². The summed E-state index contributed by atoms with van der Waals surface area (Å²) in [4.78, 5) is 2.21. The first-order valence-electron chi connectivity index (χ1n) is 6.52. The lowest BCUT2D eigenvalue weighted by atomic mass is 9.91. The maximum atomic E-state index is 9.96. The fourth-order valence-corrected chi connectivity index (χ4v) is 2.58. The fourth-order valence-electron chi connectivity index (χ4n) is 2.58. The molecule has 0 aliphatic carbocycles. The van der Waals surface area contributed by atoms with Crippen molar-refractivity contribution >= 4 is 0 Å². The summed E-state index contributed by atoms with van der Waals surface area (Å²) in [5.74, 6) is 1.64. The van der Waals surface area contributed by atoms with Gasteiger partial charge in [0.05, 0.1) is 5.60 Å². The molecule has 0 bridgehead atoms. The van der Waals surface area contributed by atoms with Gasteiger partial charge < -0.3 is 14.6 Å². The summed E-state index contributed by atoms with van der Waals surface area (Å²) < 4.78 is 11.6. The quantitative estimate of drug-likeness (QED) is 0.876. The number of fused-ring (bicyclic) bond motifs is 1. The van der Waals surface area contributed by atoms with Gasteiger partial charge in [0.1, 0.15) is 12.7 Å². The van der Waals surface area contributed by atoms with Crippen LogP contribution in [0.2, 0.25) is 0 Å². The molecule has 0 spiro atoms. The standard InChI is InChI=1S/C14H19NO3/c1-2-14(16)9-15(10-14)7-11-8-17-12-5-3-4-6-13(12)18-11/h3-6,11,16H,2,7-10H2,1H3. The van der Waals surface area contributed by atoms with Gasteiger partial charge in [-0.15, -0.1) is 0 Å². The third kappa shape index (κ3) is 2.18. The second kappa shape index (κ2) is 4.44. The molecule has 2 aliphatic rings. The van der Waals surface area contributed by atoms with E-state index in [0.717, 1.165) is 37.6 Å². The zero-order valence-corrected chi connectivity index (χ0v) is 10.6. The van der Waals surface area contributed by atoms with Crippen LogP contribution in [-0.4, -0.2) is 48.0 Å². The molecule has 98 valence electrons. The molecule has 4 nitrogen and oxygen atoms in total. The summed E-state index contributed by atoms with van der Waals surface area (Å²) in [5.41, 5.74) is -0.479. The largest absolute Gasteiger partial charge is 0.486 e. The van der Waals surface area contributed by atoms with E-state index in [-0.39, 0.29) is 6.10 Å². The number of hydrogen-bond donors (Lipinski definition) is 1. The summed E-state index contributed by atoms with van der Waals surface area (Å²) in [5, 5.41) is 9.96. The van der Waals surface area contributed by atoms with Gasteiger partial charge in [-0.2, -0.15) is 0 Å². The summed E-state index contributed by atoms with van der Waals surface area (Å²) in [6, 6.07) is 7.74. The molecule has 0 amide bonds. The van der Waals surface area contributed by atoms with Crippen LogP contribution in [0.4, 0.5) is 0 Å². The van der Waals surface area contributed by atoms with Crippen LogP contribution in [0.1, 0.15) is 13.3 Å². The van der Waals surface area contributed by atoms with Crippen molar-refractivity contribution in [3.8, 4) is 11.5 Å². The first-order valence-corrected chi connectivity index (χ1v) is 6.52. The number of β-amino-alcohol motifs (C(OH)–C–C–N with tert-alkyl or cyclic N) is 1. The molecule has 3 rings (SSSR count). The Morgan fingerprint density at radius 3 is 2.78 bits per heavy atom. The van der Waals surface area contributed by atoms with E-state index >= 15 is 0 Å². The van der Waals surface area contributed by atoms with E-state index in [2.05, 4.69) is 4.90 Å². The van der Waals surface area contributed by atoms with Crippen molar-refractivity contribution in [2.45, 2.75) is 25.0 Å². The van der Waals surface area contributed by atoms with Gasteiger partial charge in [-0.1, -0.05) is 19.1 Å². The van der Waals surface area contributed by atoms with Gasteiger partial charge in [0.15, 0.2) is 11.5 Å². The number of benzene rings is 1. The molecular weight excluding hydrogens is 230 g/mol. The minimum atomic E-state index is -0.479. The van der Waals surface area contributed by atoms with Crippen LogP contribution in [0.15, 0.2) is 24.3 Å². The summed E-state index contributed by atoms with van der Waals surface area (Å²) in [7, 11) is 0. The number of ether oxygens (including phenoxy) is 2. The second-order valence-electron chi connectivity index (χ2n) is 5.25. The summed E-state index contributed by atoms with van der Waals surface area (Å²) in [6.45, 7) is 4.90.